The van der Waals surface area contributed by atoms with E-state index in [1.807, 2.05) is 49.4 Å². The van der Waals surface area contributed by atoms with E-state index in [1.165, 1.54) is 6.07 Å². The van der Waals surface area contributed by atoms with E-state index in [0.29, 0.717) is 34.8 Å². The average Bonchev–Trinajstić information content (AvgIpc) is 3.33. The Hall–Kier alpha value is -3.15. The second-order valence-electron chi connectivity index (χ2n) is 8.76. The molecule has 1 heterocycles. The molecule has 3 atom stereocenters. The first-order chi connectivity index (χ1) is 16.9. The number of hydrogen-bond donors (Lipinski definition) is 2. The molecule has 5 nitrogen and oxygen atoms in total. The van der Waals surface area contributed by atoms with E-state index in [9.17, 15) is 9.90 Å². The lowest BCUT2D eigenvalue weighted by atomic mass is 9.76. The smallest absolute Gasteiger partial charge is 0.335 e. The van der Waals surface area contributed by atoms with Crippen LogP contribution in [0.15, 0.2) is 66.7 Å². The van der Waals surface area contributed by atoms with Gasteiger partial charge in [0.05, 0.1) is 28.9 Å². The fourth-order valence-corrected chi connectivity index (χ4v) is 5.50. The molecule has 1 aliphatic carbocycles. The maximum Gasteiger partial charge on any atom is 0.335 e. The molecule has 0 aromatic heterocycles. The van der Waals surface area contributed by atoms with Crippen LogP contribution in [0.4, 0.5) is 5.69 Å². The molecule has 0 unspecified atom stereocenters. The molecule has 5 rings (SSSR count). The SMILES string of the molecule is CCOc1cc([C@@H]2Nc3c(Cl)cc(C(=O)O)cc3[C@@H]3C=CC[C@@H]32)ccc1OCc1cccc(Cl)c1. The van der Waals surface area contributed by atoms with Crippen molar-refractivity contribution < 1.29 is 19.4 Å². The number of carboxylic acids is 1. The lowest BCUT2D eigenvalue weighted by Gasteiger charge is -2.38. The number of hydrogen-bond acceptors (Lipinski definition) is 4. The van der Waals surface area contributed by atoms with Crippen LogP contribution in [-0.2, 0) is 6.61 Å². The van der Waals surface area contributed by atoms with Crippen molar-refractivity contribution in [3.8, 4) is 11.5 Å². The summed E-state index contributed by atoms with van der Waals surface area (Å²) in [5, 5.41) is 14.2. The second-order valence-corrected chi connectivity index (χ2v) is 9.60. The Balaban J connectivity index is 1.45. The summed E-state index contributed by atoms with van der Waals surface area (Å²) in [4.78, 5) is 11.6. The topological polar surface area (TPSA) is 67.8 Å². The van der Waals surface area contributed by atoms with Crippen LogP contribution in [0.5, 0.6) is 11.5 Å². The zero-order valence-corrected chi connectivity index (χ0v) is 20.6. The zero-order chi connectivity index (χ0) is 24.5. The van der Waals surface area contributed by atoms with E-state index >= 15 is 0 Å². The first-order valence-corrected chi connectivity index (χ1v) is 12.3. The molecule has 180 valence electrons. The van der Waals surface area contributed by atoms with Crippen LogP contribution in [0, 0.1) is 5.92 Å². The molecule has 3 aromatic carbocycles. The van der Waals surface area contributed by atoms with Gasteiger partial charge in [-0.2, -0.15) is 0 Å². The first kappa shape index (κ1) is 23.6. The Morgan fingerprint density at radius 2 is 1.94 bits per heavy atom. The Morgan fingerprint density at radius 3 is 2.71 bits per heavy atom. The van der Waals surface area contributed by atoms with E-state index in [-0.39, 0.29) is 23.4 Å². The zero-order valence-electron chi connectivity index (χ0n) is 19.1. The largest absolute Gasteiger partial charge is 0.490 e. The van der Waals surface area contributed by atoms with Gasteiger partial charge in [0.25, 0.3) is 0 Å². The predicted molar refractivity (Wildman–Crippen MR) is 138 cm³/mol. The van der Waals surface area contributed by atoms with E-state index in [2.05, 4.69) is 17.5 Å². The van der Waals surface area contributed by atoms with Gasteiger partial charge < -0.3 is 19.9 Å². The van der Waals surface area contributed by atoms with Gasteiger partial charge in [0.2, 0.25) is 0 Å². The maximum atomic E-state index is 11.6. The molecular weight excluding hydrogens is 485 g/mol. The van der Waals surface area contributed by atoms with Crippen molar-refractivity contribution in [3.05, 3.63) is 99.0 Å². The summed E-state index contributed by atoms with van der Waals surface area (Å²) in [6.45, 7) is 2.83. The molecule has 7 heteroatoms. The molecule has 0 bridgehead atoms. The number of benzene rings is 3. The van der Waals surface area contributed by atoms with Crippen LogP contribution in [0.1, 0.15) is 52.4 Å². The third-order valence-corrected chi connectivity index (χ3v) is 7.11. The summed E-state index contributed by atoms with van der Waals surface area (Å²) in [6.07, 6.45) is 5.20. The third-order valence-electron chi connectivity index (χ3n) is 6.58. The molecule has 2 N–H and O–H groups in total. The molecule has 35 heavy (non-hydrogen) atoms. The Kier molecular flexibility index (Phi) is 6.63. The number of ether oxygens (including phenoxy) is 2. The van der Waals surface area contributed by atoms with Gasteiger partial charge in [0.1, 0.15) is 6.61 Å². The monoisotopic (exact) mass is 509 g/mol. The van der Waals surface area contributed by atoms with Crippen LogP contribution in [-0.4, -0.2) is 17.7 Å². The highest BCUT2D eigenvalue weighted by Gasteiger charge is 2.39. The second kappa shape index (κ2) is 9.84. The normalized spacial score (nSPS) is 20.0. The highest BCUT2D eigenvalue weighted by Crippen LogP contribution is 2.52. The molecular formula is C28H25Cl2NO4. The number of aromatic carboxylic acids is 1. The molecule has 0 amide bonds. The Bertz CT molecular complexity index is 1310. The van der Waals surface area contributed by atoms with Gasteiger partial charge in [-0.05, 0) is 72.4 Å². The number of rotatable bonds is 7. The standard InChI is InChI=1S/C28H25Cl2NO4/c1-2-34-25-14-17(9-10-24(25)35-15-16-5-3-6-19(29)11-16)26-21-8-4-7-20(21)22-12-18(28(32)33)13-23(30)27(22)31-26/h3-7,9-14,20-21,26,31H,2,8,15H2,1H3,(H,32,33)/t20-,21+,26+/m1/s1. The van der Waals surface area contributed by atoms with Gasteiger partial charge in [0, 0.05) is 10.9 Å². The van der Waals surface area contributed by atoms with Gasteiger partial charge >= 0.3 is 5.97 Å². The molecule has 0 fully saturated rings. The number of allylic oxidation sites excluding steroid dienone is 2. The average molecular weight is 510 g/mol. The van der Waals surface area contributed by atoms with E-state index in [0.717, 1.165) is 28.8 Å². The summed E-state index contributed by atoms with van der Waals surface area (Å²) < 4.78 is 12.0. The number of fused-ring (bicyclic) bond motifs is 3. The van der Waals surface area contributed by atoms with Crippen LogP contribution < -0.4 is 14.8 Å². The molecule has 1 aliphatic heterocycles. The van der Waals surface area contributed by atoms with Gasteiger partial charge in [-0.3, -0.25) is 0 Å². The van der Waals surface area contributed by atoms with Crippen LogP contribution in [0.2, 0.25) is 10.0 Å². The predicted octanol–water partition coefficient (Wildman–Crippen LogP) is 7.50. The molecule has 3 aromatic rings. The molecule has 0 saturated carbocycles. The summed E-state index contributed by atoms with van der Waals surface area (Å²) in [5.74, 6) is 0.675. The van der Waals surface area contributed by atoms with E-state index < -0.39 is 5.97 Å². The number of carboxylic acid groups (broad SMARTS) is 1. The van der Waals surface area contributed by atoms with Gasteiger partial charge in [0.15, 0.2) is 11.5 Å². The van der Waals surface area contributed by atoms with Crippen molar-refractivity contribution in [2.45, 2.75) is 31.9 Å². The van der Waals surface area contributed by atoms with Crippen molar-refractivity contribution in [1.82, 2.24) is 0 Å². The fourth-order valence-electron chi connectivity index (χ4n) is 5.00. The van der Waals surface area contributed by atoms with Crippen molar-refractivity contribution in [2.75, 3.05) is 11.9 Å². The molecule has 0 radical (unpaired) electrons. The van der Waals surface area contributed by atoms with Crippen LogP contribution in [0.25, 0.3) is 0 Å². The fraction of sp³-hybridized carbons (Fsp3) is 0.250. The van der Waals surface area contributed by atoms with Crippen molar-refractivity contribution in [2.24, 2.45) is 5.92 Å². The van der Waals surface area contributed by atoms with Crippen molar-refractivity contribution >= 4 is 34.9 Å². The van der Waals surface area contributed by atoms with Gasteiger partial charge in [-0.25, -0.2) is 4.79 Å². The highest BCUT2D eigenvalue weighted by atomic mass is 35.5. The Morgan fingerprint density at radius 1 is 1.09 bits per heavy atom. The molecule has 0 saturated heterocycles. The lowest BCUT2D eigenvalue weighted by Crippen LogP contribution is -2.29. The number of carbonyl (C=O) groups is 1. The van der Waals surface area contributed by atoms with Gasteiger partial charge in [-0.15, -0.1) is 0 Å². The summed E-state index contributed by atoms with van der Waals surface area (Å²) in [5.41, 5.74) is 3.95. The van der Waals surface area contributed by atoms with Crippen molar-refractivity contribution in [3.63, 3.8) is 0 Å². The Labute approximate surface area is 214 Å². The summed E-state index contributed by atoms with van der Waals surface area (Å²) in [6, 6.07) is 16.8. The minimum Gasteiger partial charge on any atom is -0.490 e. The van der Waals surface area contributed by atoms with Crippen LogP contribution in [0.3, 0.4) is 0 Å². The third kappa shape index (κ3) is 4.71. The number of anilines is 1. The number of nitrogens with one attached hydrogen (secondary N) is 1. The number of halogens is 2. The molecule has 2 aliphatic rings. The quantitative estimate of drug-likeness (QED) is 0.322. The lowest BCUT2D eigenvalue weighted by molar-refractivity contribution is 0.0696. The molecule has 0 spiro atoms. The van der Waals surface area contributed by atoms with Gasteiger partial charge in [-0.1, -0.05) is 53.6 Å². The summed E-state index contributed by atoms with van der Waals surface area (Å²) >= 11 is 12.6. The minimum absolute atomic E-state index is 0.0168. The highest BCUT2D eigenvalue weighted by molar-refractivity contribution is 6.34. The van der Waals surface area contributed by atoms with Crippen LogP contribution >= 0.6 is 23.2 Å². The maximum absolute atomic E-state index is 11.6. The minimum atomic E-state index is -0.981. The van der Waals surface area contributed by atoms with E-state index in [4.69, 9.17) is 32.7 Å². The van der Waals surface area contributed by atoms with Crippen molar-refractivity contribution in [1.29, 1.82) is 0 Å². The van der Waals surface area contributed by atoms with E-state index in [1.54, 1.807) is 6.07 Å². The summed E-state index contributed by atoms with van der Waals surface area (Å²) in [7, 11) is 0. The first-order valence-electron chi connectivity index (χ1n) is 11.6.